The van der Waals surface area contributed by atoms with Crippen molar-refractivity contribution >= 4 is 16.9 Å². The molecular weight excluding hydrogens is 338 g/mol. The zero-order chi connectivity index (χ0) is 18.4. The molecule has 1 aliphatic carbocycles. The van der Waals surface area contributed by atoms with Crippen molar-refractivity contribution in [3.8, 4) is 0 Å². The molecule has 1 saturated carbocycles. The lowest BCUT2D eigenvalue weighted by atomic mass is 10.0. The summed E-state index contributed by atoms with van der Waals surface area (Å²) in [6.45, 7) is 1.46. The number of para-hydroxylation sites is 2. The molecule has 1 aromatic heterocycles. The molecule has 5 rings (SSSR count). The van der Waals surface area contributed by atoms with Gasteiger partial charge in [-0.3, -0.25) is 9.36 Å². The van der Waals surface area contributed by atoms with Gasteiger partial charge in [0.2, 0.25) is 5.91 Å². The van der Waals surface area contributed by atoms with Crippen molar-refractivity contribution < 1.29 is 4.79 Å². The summed E-state index contributed by atoms with van der Waals surface area (Å²) in [7, 11) is 0. The first kappa shape index (κ1) is 16.4. The van der Waals surface area contributed by atoms with E-state index in [-0.39, 0.29) is 23.6 Å². The van der Waals surface area contributed by atoms with Gasteiger partial charge in [0.05, 0.1) is 11.0 Å². The van der Waals surface area contributed by atoms with Gasteiger partial charge < -0.3 is 9.88 Å². The largest absolute Gasteiger partial charge is 0.342 e. The molecule has 0 radical (unpaired) electrons. The second-order valence-corrected chi connectivity index (χ2v) is 7.73. The molecule has 1 aliphatic heterocycles. The van der Waals surface area contributed by atoms with Gasteiger partial charge in [-0.2, -0.15) is 0 Å². The molecule has 0 spiro atoms. The van der Waals surface area contributed by atoms with Crippen LogP contribution < -0.4 is 5.69 Å². The molecule has 2 heterocycles. The van der Waals surface area contributed by atoms with Crippen molar-refractivity contribution in [3.63, 3.8) is 0 Å². The Kier molecular flexibility index (Phi) is 3.88. The fraction of sp³-hybridized carbons (Fsp3) is 0.364. The Morgan fingerprint density at radius 2 is 1.67 bits per heavy atom. The third-order valence-electron chi connectivity index (χ3n) is 6.10. The van der Waals surface area contributed by atoms with E-state index in [1.165, 1.54) is 5.56 Å². The van der Waals surface area contributed by atoms with Crippen molar-refractivity contribution in [1.82, 2.24) is 14.5 Å². The van der Waals surface area contributed by atoms with Gasteiger partial charge in [0.1, 0.15) is 0 Å². The van der Waals surface area contributed by atoms with E-state index in [1.54, 1.807) is 0 Å². The first-order valence-corrected chi connectivity index (χ1v) is 9.75. The van der Waals surface area contributed by atoms with E-state index < -0.39 is 0 Å². The number of hydrogen-bond donors (Lipinski definition) is 1. The highest BCUT2D eigenvalue weighted by molar-refractivity contribution is 5.83. The quantitative estimate of drug-likeness (QED) is 0.778. The number of carbonyl (C=O) groups is 1. The lowest BCUT2D eigenvalue weighted by molar-refractivity contribution is -0.134. The van der Waals surface area contributed by atoms with Crippen molar-refractivity contribution in [2.45, 2.75) is 31.2 Å². The number of nitrogens with one attached hydrogen (secondary N) is 1. The topological polar surface area (TPSA) is 58.1 Å². The van der Waals surface area contributed by atoms with Gasteiger partial charge in [0.15, 0.2) is 0 Å². The van der Waals surface area contributed by atoms with E-state index in [1.807, 2.05) is 51.9 Å². The molecule has 5 heteroatoms. The average molecular weight is 361 g/mol. The minimum atomic E-state index is -0.0488. The Balaban J connectivity index is 1.26. The molecule has 0 bridgehead atoms. The number of amides is 1. The predicted molar refractivity (Wildman–Crippen MR) is 105 cm³/mol. The number of aromatic nitrogens is 2. The Hall–Kier alpha value is -2.82. The Labute approximate surface area is 157 Å². The van der Waals surface area contributed by atoms with Gasteiger partial charge in [-0.15, -0.1) is 0 Å². The number of hydrogen-bond acceptors (Lipinski definition) is 2. The van der Waals surface area contributed by atoms with E-state index in [0.717, 1.165) is 43.4 Å². The molecule has 2 fully saturated rings. The van der Waals surface area contributed by atoms with Crippen LogP contribution in [0.2, 0.25) is 0 Å². The van der Waals surface area contributed by atoms with Crippen molar-refractivity contribution in [1.29, 1.82) is 0 Å². The van der Waals surface area contributed by atoms with Crippen molar-refractivity contribution in [2.24, 2.45) is 5.92 Å². The van der Waals surface area contributed by atoms with Crippen LogP contribution in [0.5, 0.6) is 0 Å². The summed E-state index contributed by atoms with van der Waals surface area (Å²) in [5.74, 6) is 0.806. The normalized spacial score (nSPS) is 22.9. The smallest absolute Gasteiger partial charge is 0.326 e. The second kappa shape index (κ2) is 6.41. The third-order valence-corrected chi connectivity index (χ3v) is 6.10. The van der Waals surface area contributed by atoms with Gasteiger partial charge in [0, 0.05) is 25.0 Å². The predicted octanol–water partition coefficient (Wildman–Crippen LogP) is 3.30. The first-order valence-electron chi connectivity index (χ1n) is 9.75. The van der Waals surface area contributed by atoms with Crippen LogP contribution in [0.25, 0.3) is 11.0 Å². The first-order chi connectivity index (χ1) is 13.2. The molecule has 1 amide bonds. The van der Waals surface area contributed by atoms with Gasteiger partial charge >= 0.3 is 5.69 Å². The lowest BCUT2D eigenvalue weighted by Gasteiger charge is -2.32. The summed E-state index contributed by atoms with van der Waals surface area (Å²) in [5, 5.41) is 0. The van der Waals surface area contributed by atoms with Crippen LogP contribution in [0.4, 0.5) is 0 Å². The Morgan fingerprint density at radius 1 is 0.963 bits per heavy atom. The summed E-state index contributed by atoms with van der Waals surface area (Å²) in [5.41, 5.74) is 3.06. The summed E-state index contributed by atoms with van der Waals surface area (Å²) in [6.07, 6.45) is 2.62. The maximum atomic E-state index is 12.9. The Morgan fingerprint density at radius 3 is 2.44 bits per heavy atom. The number of likely N-dealkylation sites (tertiary alicyclic amines) is 1. The fourth-order valence-corrected chi connectivity index (χ4v) is 4.55. The number of rotatable bonds is 3. The van der Waals surface area contributed by atoms with Crippen molar-refractivity contribution in [2.75, 3.05) is 13.1 Å². The molecule has 1 saturated heterocycles. The summed E-state index contributed by atoms with van der Waals surface area (Å²) < 4.78 is 1.88. The number of piperidine rings is 1. The maximum Gasteiger partial charge on any atom is 0.326 e. The van der Waals surface area contributed by atoms with Crippen LogP contribution in [0.1, 0.15) is 36.8 Å². The van der Waals surface area contributed by atoms with Crippen molar-refractivity contribution in [3.05, 3.63) is 70.6 Å². The molecule has 1 N–H and O–H groups in total. The average Bonchev–Trinajstić information content (AvgIpc) is 3.44. The highest BCUT2D eigenvalue weighted by atomic mass is 16.2. The fourth-order valence-electron chi connectivity index (χ4n) is 4.55. The molecular formula is C22H23N3O2. The number of fused-ring (bicyclic) bond motifs is 1. The van der Waals surface area contributed by atoms with Gasteiger partial charge in [0.25, 0.3) is 0 Å². The van der Waals surface area contributed by atoms with E-state index in [4.69, 9.17) is 0 Å². The highest BCUT2D eigenvalue weighted by Gasteiger charge is 2.46. The molecule has 2 atom stereocenters. The van der Waals surface area contributed by atoms with Gasteiger partial charge in [-0.1, -0.05) is 42.5 Å². The Bertz CT molecular complexity index is 1030. The third kappa shape index (κ3) is 2.87. The van der Waals surface area contributed by atoms with E-state index in [0.29, 0.717) is 5.92 Å². The summed E-state index contributed by atoms with van der Waals surface area (Å²) in [6, 6.07) is 18.3. The highest BCUT2D eigenvalue weighted by Crippen LogP contribution is 2.48. The monoisotopic (exact) mass is 361 g/mol. The molecule has 3 aromatic rings. The number of carbonyl (C=O) groups excluding carboxylic acids is 1. The van der Waals surface area contributed by atoms with E-state index >= 15 is 0 Å². The minimum Gasteiger partial charge on any atom is -0.342 e. The SMILES string of the molecule is O=C(C1CC1c1ccccc1)N1CCC(n2c(=O)[nH]c3ccccc32)CC1. The maximum absolute atomic E-state index is 12.9. The zero-order valence-electron chi connectivity index (χ0n) is 15.2. The van der Waals surface area contributed by atoms with E-state index in [2.05, 4.69) is 17.1 Å². The van der Waals surface area contributed by atoms with Crippen LogP contribution in [-0.2, 0) is 4.79 Å². The minimum absolute atomic E-state index is 0.0488. The van der Waals surface area contributed by atoms with Crippen LogP contribution in [0.15, 0.2) is 59.4 Å². The van der Waals surface area contributed by atoms with E-state index in [9.17, 15) is 9.59 Å². The van der Waals surface area contributed by atoms with Crippen LogP contribution >= 0.6 is 0 Å². The van der Waals surface area contributed by atoms with Gasteiger partial charge in [-0.05, 0) is 42.9 Å². The second-order valence-electron chi connectivity index (χ2n) is 7.73. The van der Waals surface area contributed by atoms with Crippen LogP contribution in [-0.4, -0.2) is 33.4 Å². The van der Waals surface area contributed by atoms with Crippen LogP contribution in [0.3, 0.4) is 0 Å². The summed E-state index contributed by atoms with van der Waals surface area (Å²) >= 11 is 0. The summed E-state index contributed by atoms with van der Waals surface area (Å²) in [4.78, 5) is 30.2. The number of benzene rings is 2. The van der Waals surface area contributed by atoms with Crippen LogP contribution in [0, 0.1) is 5.92 Å². The lowest BCUT2D eigenvalue weighted by Crippen LogP contribution is -2.41. The molecule has 2 aromatic carbocycles. The zero-order valence-corrected chi connectivity index (χ0v) is 15.2. The number of H-pyrrole nitrogens is 1. The molecule has 138 valence electrons. The number of imidazole rings is 1. The molecule has 5 nitrogen and oxygen atoms in total. The molecule has 2 aliphatic rings. The molecule has 2 unspecified atom stereocenters. The van der Waals surface area contributed by atoms with Gasteiger partial charge in [-0.25, -0.2) is 4.79 Å². The molecule has 27 heavy (non-hydrogen) atoms. The number of aromatic amines is 1. The number of nitrogens with zero attached hydrogens (tertiary/aromatic N) is 2. The standard InChI is InChI=1S/C22H23N3O2/c26-21(18-14-17(18)15-6-2-1-3-7-15)24-12-10-16(11-13-24)25-20-9-5-4-8-19(20)23-22(25)27/h1-9,16-18H,10-14H2,(H,23,27).